The number of nitrogens with zero attached hydrogens (tertiary/aromatic N) is 2. The molecule has 0 atom stereocenters. The second-order valence-corrected chi connectivity index (χ2v) is 6.83. The lowest BCUT2D eigenvalue weighted by molar-refractivity contribution is 0.0949. The van der Waals surface area contributed by atoms with Gasteiger partial charge in [0, 0.05) is 17.1 Å². The maximum Gasteiger partial charge on any atom is 0.255 e. The number of nitrogens with one attached hydrogen (secondary N) is 1. The summed E-state index contributed by atoms with van der Waals surface area (Å²) in [6.45, 7) is 3.35. The van der Waals surface area contributed by atoms with Gasteiger partial charge in [0.1, 0.15) is 17.3 Å². The number of carbonyl (C=O) groups is 1. The van der Waals surface area contributed by atoms with E-state index in [2.05, 4.69) is 26.3 Å². The highest BCUT2D eigenvalue weighted by atomic mass is 79.9. The number of aromatic nitrogens is 2. The molecular formula is C19H15BrF3N3O. The van der Waals surface area contributed by atoms with E-state index in [1.165, 1.54) is 22.9 Å². The SMILES string of the molecule is Cc1nn(-c2ccc(F)cc2F)c(C)c1C(=O)NCc1cc(F)ccc1Br. The zero-order valence-electron chi connectivity index (χ0n) is 14.5. The Hall–Kier alpha value is -2.61. The first-order chi connectivity index (χ1) is 12.8. The van der Waals surface area contributed by atoms with E-state index in [4.69, 9.17) is 0 Å². The normalized spacial score (nSPS) is 10.9. The largest absolute Gasteiger partial charge is 0.348 e. The van der Waals surface area contributed by atoms with Crippen molar-refractivity contribution in [3.63, 3.8) is 0 Å². The van der Waals surface area contributed by atoms with Gasteiger partial charge in [-0.2, -0.15) is 5.10 Å². The molecule has 3 aromatic rings. The van der Waals surface area contributed by atoms with Crippen molar-refractivity contribution in [3.05, 3.63) is 80.8 Å². The lowest BCUT2D eigenvalue weighted by Crippen LogP contribution is -2.24. The Morgan fingerprint density at radius 3 is 2.48 bits per heavy atom. The van der Waals surface area contributed by atoms with E-state index < -0.39 is 23.4 Å². The molecule has 0 saturated heterocycles. The van der Waals surface area contributed by atoms with Crippen LogP contribution in [0.1, 0.15) is 27.3 Å². The van der Waals surface area contributed by atoms with Gasteiger partial charge in [0.15, 0.2) is 5.82 Å². The molecule has 27 heavy (non-hydrogen) atoms. The van der Waals surface area contributed by atoms with Gasteiger partial charge in [-0.15, -0.1) is 0 Å². The Kier molecular flexibility index (Phi) is 5.36. The minimum Gasteiger partial charge on any atom is -0.348 e. The molecule has 0 fully saturated rings. The van der Waals surface area contributed by atoms with E-state index in [-0.39, 0.29) is 17.8 Å². The van der Waals surface area contributed by atoms with E-state index >= 15 is 0 Å². The van der Waals surface area contributed by atoms with Crippen LogP contribution in [0.3, 0.4) is 0 Å². The summed E-state index contributed by atoms with van der Waals surface area (Å²) in [6.07, 6.45) is 0. The monoisotopic (exact) mass is 437 g/mol. The number of benzene rings is 2. The molecule has 4 nitrogen and oxygen atoms in total. The molecule has 0 aliphatic rings. The van der Waals surface area contributed by atoms with Gasteiger partial charge in [-0.1, -0.05) is 15.9 Å². The van der Waals surface area contributed by atoms with Gasteiger partial charge in [-0.25, -0.2) is 17.9 Å². The lowest BCUT2D eigenvalue weighted by atomic mass is 10.1. The maximum atomic E-state index is 14.1. The summed E-state index contributed by atoms with van der Waals surface area (Å²) in [5, 5.41) is 6.91. The van der Waals surface area contributed by atoms with Crippen LogP contribution in [0, 0.1) is 31.3 Å². The molecule has 0 aliphatic carbocycles. The second-order valence-electron chi connectivity index (χ2n) is 5.97. The van der Waals surface area contributed by atoms with Crippen LogP contribution < -0.4 is 5.32 Å². The van der Waals surface area contributed by atoms with Crippen LogP contribution >= 0.6 is 15.9 Å². The van der Waals surface area contributed by atoms with Gasteiger partial charge >= 0.3 is 0 Å². The molecule has 8 heteroatoms. The van der Waals surface area contributed by atoms with Gasteiger partial charge in [0.25, 0.3) is 5.91 Å². The molecule has 3 rings (SSSR count). The lowest BCUT2D eigenvalue weighted by Gasteiger charge is -2.09. The molecular weight excluding hydrogens is 423 g/mol. The molecule has 0 spiro atoms. The number of rotatable bonds is 4. The van der Waals surface area contributed by atoms with Crippen LogP contribution in [0.15, 0.2) is 40.9 Å². The van der Waals surface area contributed by atoms with Gasteiger partial charge in [-0.3, -0.25) is 4.79 Å². The van der Waals surface area contributed by atoms with Crippen LogP contribution in [-0.4, -0.2) is 15.7 Å². The predicted molar refractivity (Wildman–Crippen MR) is 98.2 cm³/mol. The number of aryl methyl sites for hydroxylation is 1. The third kappa shape index (κ3) is 3.90. The third-order valence-electron chi connectivity index (χ3n) is 4.10. The summed E-state index contributed by atoms with van der Waals surface area (Å²) in [4.78, 5) is 12.6. The van der Waals surface area contributed by atoms with Crippen molar-refractivity contribution < 1.29 is 18.0 Å². The molecule has 0 saturated carbocycles. The molecule has 0 bridgehead atoms. The fraction of sp³-hybridized carbons (Fsp3) is 0.158. The molecule has 0 unspecified atom stereocenters. The summed E-state index contributed by atoms with van der Waals surface area (Å²) in [5.41, 5.74) is 1.71. The molecule has 1 heterocycles. The summed E-state index contributed by atoms with van der Waals surface area (Å²) in [5.74, 6) is -2.31. The van der Waals surface area contributed by atoms with Gasteiger partial charge in [0.05, 0.1) is 17.0 Å². The van der Waals surface area contributed by atoms with Gasteiger partial charge < -0.3 is 5.32 Å². The highest BCUT2D eigenvalue weighted by Crippen LogP contribution is 2.22. The van der Waals surface area contributed by atoms with Crippen LogP contribution in [0.2, 0.25) is 0 Å². The smallest absolute Gasteiger partial charge is 0.255 e. The number of halogens is 4. The van der Waals surface area contributed by atoms with Crippen molar-refractivity contribution in [2.24, 2.45) is 0 Å². The second kappa shape index (κ2) is 7.56. The van der Waals surface area contributed by atoms with Gasteiger partial charge in [-0.05, 0) is 49.7 Å². The van der Waals surface area contributed by atoms with E-state index in [1.54, 1.807) is 19.9 Å². The Labute approximate surface area is 162 Å². The Morgan fingerprint density at radius 2 is 1.78 bits per heavy atom. The zero-order chi connectivity index (χ0) is 19.7. The van der Waals surface area contributed by atoms with Crippen molar-refractivity contribution >= 4 is 21.8 Å². The fourth-order valence-electron chi connectivity index (χ4n) is 2.80. The number of hydrogen-bond acceptors (Lipinski definition) is 2. The quantitative estimate of drug-likeness (QED) is 0.648. The van der Waals surface area contributed by atoms with Crippen molar-refractivity contribution in [1.82, 2.24) is 15.1 Å². The molecule has 1 N–H and O–H groups in total. The molecule has 0 aliphatic heterocycles. The predicted octanol–water partition coefficient (Wildman–Crippen LogP) is 4.60. The first-order valence-corrected chi connectivity index (χ1v) is 8.81. The average molecular weight is 438 g/mol. The summed E-state index contributed by atoms with van der Waals surface area (Å²) < 4.78 is 42.5. The molecule has 0 radical (unpaired) electrons. The Bertz CT molecular complexity index is 1030. The fourth-order valence-corrected chi connectivity index (χ4v) is 3.19. The van der Waals surface area contributed by atoms with Crippen molar-refractivity contribution in [1.29, 1.82) is 0 Å². The standard InChI is InChI=1S/C19H15BrF3N3O/c1-10-18(19(27)24-9-12-7-13(21)3-5-15(12)20)11(2)26(25-10)17-6-4-14(22)8-16(17)23/h3-8H,9H2,1-2H3,(H,24,27). The Morgan fingerprint density at radius 1 is 1.11 bits per heavy atom. The highest BCUT2D eigenvalue weighted by Gasteiger charge is 2.21. The molecule has 140 valence electrons. The minimum atomic E-state index is -0.781. The van der Waals surface area contributed by atoms with Crippen molar-refractivity contribution in [3.8, 4) is 5.69 Å². The molecule has 1 amide bonds. The van der Waals surface area contributed by atoms with Crippen molar-refractivity contribution in [2.75, 3.05) is 0 Å². The van der Waals surface area contributed by atoms with E-state index in [0.29, 0.717) is 21.4 Å². The zero-order valence-corrected chi connectivity index (χ0v) is 16.1. The average Bonchev–Trinajstić information content (AvgIpc) is 2.90. The van der Waals surface area contributed by atoms with Crippen molar-refractivity contribution in [2.45, 2.75) is 20.4 Å². The van der Waals surface area contributed by atoms with Crippen LogP contribution in [-0.2, 0) is 6.54 Å². The maximum absolute atomic E-state index is 14.1. The third-order valence-corrected chi connectivity index (χ3v) is 4.88. The first-order valence-electron chi connectivity index (χ1n) is 8.01. The topological polar surface area (TPSA) is 46.9 Å². The molecule has 2 aromatic carbocycles. The number of amides is 1. The van der Waals surface area contributed by atoms with E-state index in [9.17, 15) is 18.0 Å². The molecule has 1 aromatic heterocycles. The van der Waals surface area contributed by atoms with Crippen LogP contribution in [0.25, 0.3) is 5.69 Å². The summed E-state index contributed by atoms with van der Waals surface area (Å²) in [7, 11) is 0. The summed E-state index contributed by atoms with van der Waals surface area (Å²) >= 11 is 3.31. The highest BCUT2D eigenvalue weighted by molar-refractivity contribution is 9.10. The van der Waals surface area contributed by atoms with Gasteiger partial charge in [0.2, 0.25) is 0 Å². The van der Waals surface area contributed by atoms with Crippen LogP contribution in [0.5, 0.6) is 0 Å². The summed E-state index contributed by atoms with van der Waals surface area (Å²) in [6, 6.07) is 7.33. The van der Waals surface area contributed by atoms with E-state index in [1.807, 2.05) is 0 Å². The van der Waals surface area contributed by atoms with E-state index in [0.717, 1.165) is 12.1 Å². The number of hydrogen-bond donors (Lipinski definition) is 1. The Balaban J connectivity index is 1.87. The van der Waals surface area contributed by atoms with Crippen LogP contribution in [0.4, 0.5) is 13.2 Å². The number of carbonyl (C=O) groups excluding carboxylic acids is 1. The minimum absolute atomic E-state index is 0.0453. The first kappa shape index (κ1) is 19.2.